The van der Waals surface area contributed by atoms with E-state index < -0.39 is 36.0 Å². The van der Waals surface area contributed by atoms with Crippen LogP contribution in [-0.2, 0) is 14.3 Å². The van der Waals surface area contributed by atoms with Crippen molar-refractivity contribution < 1.29 is 24.2 Å². The van der Waals surface area contributed by atoms with Gasteiger partial charge in [0.05, 0.1) is 0 Å². The number of fused-ring (bicyclic) bond motifs is 3. The Morgan fingerprint density at radius 2 is 1.53 bits per heavy atom. The predicted octanol–water partition coefficient (Wildman–Crippen LogP) is 3.14. The smallest absolute Gasteiger partial charge is 0.407 e. The van der Waals surface area contributed by atoms with Crippen molar-refractivity contribution in [2.75, 3.05) is 13.2 Å². The molecule has 0 heterocycles. The number of ether oxygens (including phenoxy) is 1. The Kier molecular flexibility index (Phi) is 6.10. The maximum Gasteiger partial charge on any atom is 0.407 e. The summed E-state index contributed by atoms with van der Waals surface area (Å²) in [4.78, 5) is 35.6. The lowest BCUT2D eigenvalue weighted by atomic mass is 9.86. The summed E-state index contributed by atoms with van der Waals surface area (Å²) in [6.07, 6.45) is -0.720. The summed E-state index contributed by atoms with van der Waals surface area (Å²) in [5.74, 6) is -1.81. The van der Waals surface area contributed by atoms with Crippen molar-refractivity contribution in [2.24, 2.45) is 5.41 Å². The normalized spacial score (nSPS) is 13.7. The zero-order valence-corrected chi connectivity index (χ0v) is 17.3. The molecule has 3 N–H and O–H groups in total. The van der Waals surface area contributed by atoms with Gasteiger partial charge in [0.15, 0.2) is 0 Å². The minimum absolute atomic E-state index is 0.0860. The average Bonchev–Trinajstić information content (AvgIpc) is 3.01. The van der Waals surface area contributed by atoms with Crippen LogP contribution in [0.15, 0.2) is 48.5 Å². The van der Waals surface area contributed by atoms with Crippen molar-refractivity contribution in [2.45, 2.75) is 32.7 Å². The molecule has 0 saturated carbocycles. The molecule has 7 nitrogen and oxygen atoms in total. The quantitative estimate of drug-likeness (QED) is 0.679. The van der Waals surface area contributed by atoms with E-state index in [4.69, 9.17) is 9.84 Å². The molecule has 2 aromatic rings. The average molecular weight is 410 g/mol. The number of carboxylic acids is 1. The van der Waals surface area contributed by atoms with Crippen LogP contribution in [-0.4, -0.2) is 42.3 Å². The fourth-order valence-corrected chi connectivity index (χ4v) is 3.70. The molecule has 0 saturated heterocycles. The minimum atomic E-state index is -1.16. The van der Waals surface area contributed by atoms with E-state index in [-0.39, 0.29) is 12.5 Å². The molecule has 30 heavy (non-hydrogen) atoms. The van der Waals surface area contributed by atoms with E-state index in [1.807, 2.05) is 36.4 Å². The van der Waals surface area contributed by atoms with Crippen LogP contribution in [0.25, 0.3) is 11.1 Å². The van der Waals surface area contributed by atoms with E-state index in [0.29, 0.717) is 0 Å². The van der Waals surface area contributed by atoms with E-state index in [1.165, 1.54) is 0 Å². The third-order valence-electron chi connectivity index (χ3n) is 5.15. The van der Waals surface area contributed by atoms with Gasteiger partial charge in [-0.15, -0.1) is 0 Å². The van der Waals surface area contributed by atoms with Gasteiger partial charge in [0, 0.05) is 5.92 Å². The summed E-state index contributed by atoms with van der Waals surface area (Å²) in [6, 6.07) is 15.1. The summed E-state index contributed by atoms with van der Waals surface area (Å²) in [5, 5.41) is 13.7. The first-order valence-electron chi connectivity index (χ1n) is 9.79. The first-order valence-corrected chi connectivity index (χ1v) is 9.79. The number of hydrogen-bond donors (Lipinski definition) is 3. The second kappa shape index (κ2) is 8.57. The summed E-state index contributed by atoms with van der Waals surface area (Å²) >= 11 is 0. The van der Waals surface area contributed by atoms with E-state index >= 15 is 0 Å². The topological polar surface area (TPSA) is 105 Å². The van der Waals surface area contributed by atoms with Crippen molar-refractivity contribution in [1.29, 1.82) is 0 Å². The van der Waals surface area contributed by atoms with E-state index in [9.17, 15) is 14.4 Å². The van der Waals surface area contributed by atoms with E-state index in [2.05, 4.69) is 22.8 Å². The van der Waals surface area contributed by atoms with Gasteiger partial charge in [0.2, 0.25) is 5.91 Å². The van der Waals surface area contributed by atoms with Gasteiger partial charge in [0.25, 0.3) is 0 Å². The van der Waals surface area contributed by atoms with Gasteiger partial charge in [0.1, 0.15) is 19.2 Å². The van der Waals surface area contributed by atoms with Gasteiger partial charge in [-0.05, 0) is 27.7 Å². The molecule has 7 heteroatoms. The highest BCUT2D eigenvalue weighted by Crippen LogP contribution is 2.44. The van der Waals surface area contributed by atoms with Crippen LogP contribution < -0.4 is 10.6 Å². The third-order valence-corrected chi connectivity index (χ3v) is 5.15. The van der Waals surface area contributed by atoms with Gasteiger partial charge >= 0.3 is 12.1 Å². The Bertz CT molecular complexity index is 919. The first-order chi connectivity index (χ1) is 14.2. The molecule has 2 aromatic carbocycles. The molecule has 158 valence electrons. The molecule has 0 aliphatic heterocycles. The molecule has 0 spiro atoms. The Labute approximate surface area is 175 Å². The number of rotatable bonds is 6. The summed E-state index contributed by atoms with van der Waals surface area (Å²) < 4.78 is 5.49. The molecule has 1 aliphatic rings. The fraction of sp³-hybridized carbons (Fsp3) is 0.348. The van der Waals surface area contributed by atoms with Crippen molar-refractivity contribution in [3.63, 3.8) is 0 Å². The van der Waals surface area contributed by atoms with Gasteiger partial charge < -0.3 is 20.5 Å². The lowest BCUT2D eigenvalue weighted by molar-refractivity contribution is -0.138. The molecular weight excluding hydrogens is 384 g/mol. The number of carboxylic acid groups (broad SMARTS) is 1. The minimum Gasteiger partial charge on any atom is -0.480 e. The Morgan fingerprint density at radius 3 is 2.03 bits per heavy atom. The monoisotopic (exact) mass is 410 g/mol. The van der Waals surface area contributed by atoms with E-state index in [0.717, 1.165) is 22.3 Å². The summed E-state index contributed by atoms with van der Waals surface area (Å²) in [7, 11) is 0. The van der Waals surface area contributed by atoms with Crippen LogP contribution in [0, 0.1) is 5.41 Å². The largest absolute Gasteiger partial charge is 0.480 e. The van der Waals surface area contributed by atoms with Crippen LogP contribution in [0.5, 0.6) is 0 Å². The Morgan fingerprint density at radius 1 is 1.00 bits per heavy atom. The number of aliphatic carboxylic acids is 1. The fourth-order valence-electron chi connectivity index (χ4n) is 3.70. The highest BCUT2D eigenvalue weighted by Gasteiger charge is 2.34. The maximum atomic E-state index is 12.5. The van der Waals surface area contributed by atoms with Crippen LogP contribution in [0.4, 0.5) is 4.79 Å². The molecule has 0 bridgehead atoms. The third kappa shape index (κ3) is 4.62. The standard InChI is InChI=1S/C23H26N2O5/c1-23(2,3)20(21(28)24-12-19(26)27)25-22(29)30-13-18-16-10-6-4-8-14(16)15-9-5-7-11-17(15)18/h4-11,18,20H,12-13H2,1-3H3,(H,24,28)(H,25,29)(H,26,27)/t20-/m1/s1. The maximum absolute atomic E-state index is 12.5. The van der Waals surface area contributed by atoms with Crippen LogP contribution in [0.3, 0.4) is 0 Å². The zero-order chi connectivity index (χ0) is 21.9. The molecular formula is C23H26N2O5. The van der Waals surface area contributed by atoms with Crippen LogP contribution >= 0.6 is 0 Å². The van der Waals surface area contributed by atoms with Crippen LogP contribution in [0.2, 0.25) is 0 Å². The van der Waals surface area contributed by atoms with Crippen molar-refractivity contribution >= 4 is 18.0 Å². The molecule has 0 unspecified atom stereocenters. The zero-order valence-electron chi connectivity index (χ0n) is 17.3. The number of amides is 2. The lowest BCUT2D eigenvalue weighted by Gasteiger charge is -2.30. The lowest BCUT2D eigenvalue weighted by Crippen LogP contribution is -2.54. The molecule has 0 aromatic heterocycles. The predicted molar refractivity (Wildman–Crippen MR) is 112 cm³/mol. The molecule has 0 radical (unpaired) electrons. The Hall–Kier alpha value is -3.35. The summed E-state index contributed by atoms with van der Waals surface area (Å²) in [5.41, 5.74) is 3.82. The number of carbonyl (C=O) groups is 3. The highest BCUT2D eigenvalue weighted by atomic mass is 16.5. The second-order valence-corrected chi connectivity index (χ2v) is 8.38. The molecule has 1 aliphatic carbocycles. The Balaban J connectivity index is 1.69. The van der Waals surface area contributed by atoms with Gasteiger partial charge in [-0.3, -0.25) is 9.59 Å². The molecule has 3 rings (SSSR count). The SMILES string of the molecule is CC(C)(C)[C@H](NC(=O)OCC1c2ccccc2-c2ccccc21)C(=O)NCC(=O)O. The molecule has 2 amide bonds. The number of nitrogens with one attached hydrogen (secondary N) is 2. The first kappa shape index (κ1) is 21.4. The highest BCUT2D eigenvalue weighted by molar-refractivity contribution is 5.88. The summed E-state index contributed by atoms with van der Waals surface area (Å²) in [6.45, 7) is 4.95. The number of hydrogen-bond acceptors (Lipinski definition) is 4. The second-order valence-electron chi connectivity index (χ2n) is 8.38. The van der Waals surface area contributed by atoms with E-state index in [1.54, 1.807) is 20.8 Å². The van der Waals surface area contributed by atoms with Gasteiger partial charge in [-0.1, -0.05) is 69.3 Å². The van der Waals surface area contributed by atoms with Crippen molar-refractivity contribution in [3.8, 4) is 11.1 Å². The van der Waals surface area contributed by atoms with Crippen molar-refractivity contribution in [1.82, 2.24) is 10.6 Å². The van der Waals surface area contributed by atoms with Gasteiger partial charge in [-0.25, -0.2) is 4.79 Å². The molecule has 1 atom stereocenters. The van der Waals surface area contributed by atoms with Crippen molar-refractivity contribution in [3.05, 3.63) is 59.7 Å². The van der Waals surface area contributed by atoms with Crippen LogP contribution in [0.1, 0.15) is 37.8 Å². The van der Waals surface area contributed by atoms with Gasteiger partial charge in [-0.2, -0.15) is 0 Å². The molecule has 0 fully saturated rings. The number of benzene rings is 2. The number of alkyl carbamates (subject to hydrolysis) is 1. The number of carbonyl (C=O) groups excluding carboxylic acids is 2.